The van der Waals surface area contributed by atoms with Crippen molar-refractivity contribution >= 4 is 17.7 Å². The van der Waals surface area contributed by atoms with Gasteiger partial charge in [0.05, 0.1) is 10.5 Å². The van der Waals surface area contributed by atoms with E-state index in [1.54, 1.807) is 30.0 Å². The van der Waals surface area contributed by atoms with E-state index < -0.39 is 5.97 Å². The van der Waals surface area contributed by atoms with Crippen molar-refractivity contribution < 1.29 is 14.6 Å². The Kier molecular flexibility index (Phi) is 1.96. The minimum Gasteiger partial charge on any atom is -0.478 e. The second kappa shape index (κ2) is 2.92. The van der Waals surface area contributed by atoms with Gasteiger partial charge in [-0.2, -0.15) is 0 Å². The van der Waals surface area contributed by atoms with E-state index in [0.717, 1.165) is 4.90 Å². The van der Waals surface area contributed by atoms with Crippen molar-refractivity contribution in [2.45, 2.75) is 23.7 Å². The molecule has 3 nitrogen and oxygen atoms in total. The minimum absolute atomic E-state index is 0.266. The molecule has 0 atom stereocenters. The molecule has 1 aliphatic rings. The summed E-state index contributed by atoms with van der Waals surface area (Å²) in [4.78, 5) is 11.4. The maximum Gasteiger partial charge on any atom is 0.335 e. The number of hydrogen-bond acceptors (Lipinski definition) is 3. The first-order chi connectivity index (χ1) is 6.48. The van der Waals surface area contributed by atoms with Gasteiger partial charge >= 0.3 is 5.97 Å². The zero-order chi connectivity index (χ0) is 10.3. The zero-order valence-corrected chi connectivity index (χ0v) is 8.72. The molecule has 0 radical (unpaired) electrons. The Labute approximate surface area is 86.1 Å². The summed E-state index contributed by atoms with van der Waals surface area (Å²) < 4.78 is 5.58. The molecule has 4 heteroatoms. The van der Waals surface area contributed by atoms with Gasteiger partial charge in [-0.3, -0.25) is 0 Å². The van der Waals surface area contributed by atoms with Gasteiger partial charge in [-0.25, -0.2) is 4.79 Å². The molecule has 1 aromatic rings. The van der Waals surface area contributed by atoms with Gasteiger partial charge in [-0.15, -0.1) is 0 Å². The van der Waals surface area contributed by atoms with Crippen molar-refractivity contribution in [3.05, 3.63) is 23.8 Å². The van der Waals surface area contributed by atoms with Crippen LogP contribution in [0, 0.1) is 0 Å². The number of aromatic carboxylic acids is 1. The van der Waals surface area contributed by atoms with E-state index in [4.69, 9.17) is 9.84 Å². The third-order valence-corrected chi connectivity index (χ3v) is 3.03. The van der Waals surface area contributed by atoms with Crippen LogP contribution in [0.1, 0.15) is 24.2 Å². The lowest BCUT2D eigenvalue weighted by atomic mass is 10.2. The second-order valence-electron chi connectivity index (χ2n) is 3.57. The van der Waals surface area contributed by atoms with Gasteiger partial charge in [0, 0.05) is 0 Å². The van der Waals surface area contributed by atoms with Crippen LogP contribution in [0.25, 0.3) is 0 Å². The number of carboxylic acid groups (broad SMARTS) is 1. The molecule has 0 saturated heterocycles. The van der Waals surface area contributed by atoms with Crippen LogP contribution in [-0.4, -0.2) is 16.0 Å². The number of ether oxygens (including phenoxy) is 1. The molecule has 0 bridgehead atoms. The normalized spacial score (nSPS) is 17.3. The van der Waals surface area contributed by atoms with Gasteiger partial charge in [-0.05, 0) is 32.0 Å². The maximum atomic E-state index is 10.7. The van der Waals surface area contributed by atoms with Gasteiger partial charge in [0.25, 0.3) is 0 Å². The summed E-state index contributed by atoms with van der Waals surface area (Å²) in [5, 5.41) is 8.78. The van der Waals surface area contributed by atoms with Crippen molar-refractivity contribution in [3.8, 4) is 5.75 Å². The first kappa shape index (κ1) is 9.40. The van der Waals surface area contributed by atoms with Crippen LogP contribution in [0.3, 0.4) is 0 Å². The number of fused-ring (bicyclic) bond motifs is 1. The molecule has 0 saturated carbocycles. The summed E-state index contributed by atoms with van der Waals surface area (Å²) in [5.41, 5.74) is 0.266. The van der Waals surface area contributed by atoms with E-state index in [-0.39, 0.29) is 10.5 Å². The Balaban J connectivity index is 2.40. The average Bonchev–Trinajstić information content (AvgIpc) is 2.36. The van der Waals surface area contributed by atoms with Crippen molar-refractivity contribution in [2.75, 3.05) is 0 Å². The topological polar surface area (TPSA) is 46.5 Å². The molecule has 14 heavy (non-hydrogen) atoms. The van der Waals surface area contributed by atoms with Gasteiger partial charge in [0.15, 0.2) is 4.93 Å². The van der Waals surface area contributed by atoms with Crippen LogP contribution in [0.15, 0.2) is 23.1 Å². The predicted octanol–water partition coefficient (Wildman–Crippen LogP) is 2.61. The van der Waals surface area contributed by atoms with E-state index in [0.29, 0.717) is 5.75 Å². The van der Waals surface area contributed by atoms with Gasteiger partial charge in [0.2, 0.25) is 0 Å². The van der Waals surface area contributed by atoms with Crippen molar-refractivity contribution in [1.29, 1.82) is 0 Å². The number of carboxylic acids is 1. The van der Waals surface area contributed by atoms with Crippen molar-refractivity contribution in [2.24, 2.45) is 0 Å². The van der Waals surface area contributed by atoms with Crippen LogP contribution in [0.2, 0.25) is 0 Å². The lowest BCUT2D eigenvalue weighted by Crippen LogP contribution is -2.18. The number of thioether (sulfide) groups is 1. The average molecular weight is 210 g/mol. The van der Waals surface area contributed by atoms with E-state index in [9.17, 15) is 4.79 Å². The Morgan fingerprint density at radius 1 is 1.50 bits per heavy atom. The number of carbonyl (C=O) groups is 1. The number of hydrogen-bond donors (Lipinski definition) is 1. The van der Waals surface area contributed by atoms with Crippen LogP contribution >= 0.6 is 11.8 Å². The molecule has 0 spiro atoms. The predicted molar refractivity (Wildman–Crippen MR) is 54.0 cm³/mol. The summed E-state index contributed by atoms with van der Waals surface area (Å²) >= 11 is 1.60. The first-order valence-electron chi connectivity index (χ1n) is 4.23. The quantitative estimate of drug-likeness (QED) is 0.774. The standard InChI is InChI=1S/C10H10O3S/c1-10(2)13-7-5-6(9(11)12)3-4-8(7)14-10/h3-5H,1-2H3,(H,11,12). The fourth-order valence-electron chi connectivity index (χ4n) is 1.36. The molecule has 1 N–H and O–H groups in total. The third-order valence-electron chi connectivity index (χ3n) is 1.90. The van der Waals surface area contributed by atoms with Gasteiger partial charge < -0.3 is 9.84 Å². The monoisotopic (exact) mass is 210 g/mol. The molecular weight excluding hydrogens is 200 g/mol. The fourth-order valence-corrected chi connectivity index (χ4v) is 2.35. The molecule has 0 amide bonds. The van der Waals surface area contributed by atoms with E-state index >= 15 is 0 Å². The van der Waals surface area contributed by atoms with Crippen LogP contribution < -0.4 is 4.74 Å². The molecule has 1 aliphatic heterocycles. The Morgan fingerprint density at radius 2 is 2.21 bits per heavy atom. The Morgan fingerprint density at radius 3 is 2.86 bits per heavy atom. The molecule has 0 fully saturated rings. The second-order valence-corrected chi connectivity index (χ2v) is 5.20. The third kappa shape index (κ3) is 1.57. The smallest absolute Gasteiger partial charge is 0.335 e. The molecule has 0 aliphatic carbocycles. The summed E-state index contributed by atoms with van der Waals surface area (Å²) in [5.74, 6) is -0.258. The molecule has 0 aromatic heterocycles. The Hall–Kier alpha value is -1.16. The van der Waals surface area contributed by atoms with E-state index in [1.807, 2.05) is 13.8 Å². The molecule has 0 unspecified atom stereocenters. The minimum atomic E-state index is -0.925. The zero-order valence-electron chi connectivity index (χ0n) is 7.90. The molecule has 2 rings (SSSR count). The number of rotatable bonds is 1. The highest BCUT2D eigenvalue weighted by Gasteiger charge is 2.31. The summed E-state index contributed by atoms with van der Waals surface area (Å²) in [6.07, 6.45) is 0. The van der Waals surface area contributed by atoms with Crippen LogP contribution in [-0.2, 0) is 0 Å². The largest absolute Gasteiger partial charge is 0.478 e. The lowest BCUT2D eigenvalue weighted by Gasteiger charge is -2.15. The molecule has 1 aromatic carbocycles. The number of benzene rings is 1. The SMILES string of the molecule is CC1(C)Oc2cc(C(=O)O)ccc2S1. The van der Waals surface area contributed by atoms with Gasteiger partial charge in [-0.1, -0.05) is 11.8 Å². The van der Waals surface area contributed by atoms with Gasteiger partial charge in [0.1, 0.15) is 5.75 Å². The molecular formula is C10H10O3S. The van der Waals surface area contributed by atoms with Crippen molar-refractivity contribution in [1.82, 2.24) is 0 Å². The summed E-state index contributed by atoms with van der Waals surface area (Å²) in [6.45, 7) is 3.91. The highest BCUT2D eigenvalue weighted by atomic mass is 32.2. The summed E-state index contributed by atoms with van der Waals surface area (Å²) in [7, 11) is 0. The van der Waals surface area contributed by atoms with Crippen LogP contribution in [0.4, 0.5) is 0 Å². The lowest BCUT2D eigenvalue weighted by molar-refractivity contribution is 0.0696. The highest BCUT2D eigenvalue weighted by molar-refractivity contribution is 8.00. The fraction of sp³-hybridized carbons (Fsp3) is 0.300. The van der Waals surface area contributed by atoms with Crippen LogP contribution in [0.5, 0.6) is 5.75 Å². The van der Waals surface area contributed by atoms with E-state index in [2.05, 4.69) is 0 Å². The molecule has 74 valence electrons. The maximum absolute atomic E-state index is 10.7. The first-order valence-corrected chi connectivity index (χ1v) is 5.05. The highest BCUT2D eigenvalue weighted by Crippen LogP contribution is 2.47. The van der Waals surface area contributed by atoms with Crippen molar-refractivity contribution in [3.63, 3.8) is 0 Å². The summed E-state index contributed by atoms with van der Waals surface area (Å²) in [6, 6.07) is 4.95. The molecule has 1 heterocycles. The Bertz CT molecular complexity index is 398. The van der Waals surface area contributed by atoms with E-state index in [1.165, 1.54) is 0 Å².